The van der Waals surface area contributed by atoms with Crippen molar-refractivity contribution in [1.82, 2.24) is 0 Å². The minimum Gasteiger partial charge on any atom is -0.505 e. The lowest BCUT2D eigenvalue weighted by molar-refractivity contribution is -0.138. The molecule has 0 aromatic heterocycles. The minimum atomic E-state index is -4.69. The van der Waals surface area contributed by atoms with Gasteiger partial charge in [0.05, 0.1) is 5.56 Å². The van der Waals surface area contributed by atoms with Crippen molar-refractivity contribution < 1.29 is 22.7 Å². The van der Waals surface area contributed by atoms with E-state index in [0.29, 0.717) is 12.1 Å². The first-order valence-electron chi connectivity index (χ1n) is 5.30. The summed E-state index contributed by atoms with van der Waals surface area (Å²) < 4.78 is 51.7. The molecule has 3 N–H and O–H groups in total. The Morgan fingerprint density at radius 1 is 1.17 bits per heavy atom. The molecule has 1 atom stereocenters. The number of rotatable bonds is 1. The van der Waals surface area contributed by atoms with Gasteiger partial charge in [-0.25, -0.2) is 4.39 Å². The van der Waals surface area contributed by atoms with Gasteiger partial charge in [0.15, 0.2) is 11.6 Å². The average molecular weight is 265 g/mol. The van der Waals surface area contributed by atoms with Crippen LogP contribution in [0.1, 0.15) is 37.9 Å². The predicted octanol–water partition coefficient (Wildman–Crippen LogP) is 3.60. The van der Waals surface area contributed by atoms with E-state index in [1.807, 2.05) is 0 Å². The Balaban J connectivity index is 3.53. The first kappa shape index (κ1) is 14.8. The Bertz CT molecular complexity index is 449. The van der Waals surface area contributed by atoms with Gasteiger partial charge < -0.3 is 10.8 Å². The smallest absolute Gasteiger partial charge is 0.416 e. The normalized spacial score (nSPS) is 14.7. The molecule has 2 nitrogen and oxygen atoms in total. The molecule has 0 saturated carbocycles. The number of aromatic hydroxyl groups is 1. The lowest BCUT2D eigenvalue weighted by atomic mass is 9.80. The zero-order chi connectivity index (χ0) is 14.3. The number of halogens is 4. The summed E-state index contributed by atoms with van der Waals surface area (Å²) in [5.74, 6) is -2.15. The van der Waals surface area contributed by atoms with Crippen LogP contribution >= 0.6 is 0 Å². The van der Waals surface area contributed by atoms with Gasteiger partial charge in [-0.2, -0.15) is 13.2 Å². The predicted molar refractivity (Wildman–Crippen MR) is 59.5 cm³/mol. The van der Waals surface area contributed by atoms with Crippen LogP contribution in [-0.4, -0.2) is 5.11 Å². The monoisotopic (exact) mass is 265 g/mol. The highest BCUT2D eigenvalue weighted by Gasteiger charge is 2.39. The van der Waals surface area contributed by atoms with Gasteiger partial charge in [-0.15, -0.1) is 0 Å². The molecule has 0 spiro atoms. The maximum absolute atomic E-state index is 13.2. The van der Waals surface area contributed by atoms with Crippen LogP contribution in [0.5, 0.6) is 5.75 Å². The van der Waals surface area contributed by atoms with Gasteiger partial charge in [-0.3, -0.25) is 0 Å². The summed E-state index contributed by atoms with van der Waals surface area (Å²) in [6.07, 6.45) is -4.69. The molecule has 0 amide bonds. The first-order valence-corrected chi connectivity index (χ1v) is 5.30. The van der Waals surface area contributed by atoms with Gasteiger partial charge in [0, 0.05) is 11.6 Å². The molecule has 1 aromatic carbocycles. The second-order valence-corrected chi connectivity index (χ2v) is 5.20. The maximum atomic E-state index is 13.2. The second-order valence-electron chi connectivity index (χ2n) is 5.20. The molecule has 0 saturated heterocycles. The number of benzene rings is 1. The Labute approximate surface area is 102 Å². The van der Waals surface area contributed by atoms with E-state index in [0.717, 1.165) is 0 Å². The quantitative estimate of drug-likeness (QED) is 0.762. The van der Waals surface area contributed by atoms with Gasteiger partial charge in [-0.1, -0.05) is 20.8 Å². The Hall–Kier alpha value is -1.30. The lowest BCUT2D eigenvalue weighted by Crippen LogP contribution is -2.29. The number of hydrogen-bond acceptors (Lipinski definition) is 2. The third kappa shape index (κ3) is 2.75. The van der Waals surface area contributed by atoms with Crippen LogP contribution in [0.3, 0.4) is 0 Å². The first-order chi connectivity index (χ1) is 7.96. The highest BCUT2D eigenvalue weighted by atomic mass is 19.4. The van der Waals surface area contributed by atoms with Crippen LogP contribution in [0.4, 0.5) is 17.6 Å². The van der Waals surface area contributed by atoms with Crippen molar-refractivity contribution in [1.29, 1.82) is 0 Å². The summed E-state index contributed by atoms with van der Waals surface area (Å²) in [7, 11) is 0. The van der Waals surface area contributed by atoms with E-state index in [-0.39, 0.29) is 0 Å². The molecule has 0 aliphatic heterocycles. The van der Waals surface area contributed by atoms with E-state index in [1.165, 1.54) is 0 Å². The third-order valence-electron chi connectivity index (χ3n) is 2.72. The average Bonchev–Trinajstić information content (AvgIpc) is 2.17. The molecule has 1 aromatic rings. The topological polar surface area (TPSA) is 46.2 Å². The largest absolute Gasteiger partial charge is 0.505 e. The number of phenols is 1. The molecule has 0 aliphatic rings. The fraction of sp³-hybridized carbons (Fsp3) is 0.500. The number of nitrogens with two attached hydrogens (primary N) is 1. The van der Waals surface area contributed by atoms with Crippen LogP contribution in [0.25, 0.3) is 0 Å². The lowest BCUT2D eigenvalue weighted by Gasteiger charge is -2.30. The van der Waals surface area contributed by atoms with Crippen LogP contribution < -0.4 is 5.73 Å². The fourth-order valence-electron chi connectivity index (χ4n) is 1.58. The van der Waals surface area contributed by atoms with Crippen LogP contribution in [0, 0.1) is 11.2 Å². The van der Waals surface area contributed by atoms with E-state index < -0.39 is 40.3 Å². The summed E-state index contributed by atoms with van der Waals surface area (Å²) in [5, 5.41) is 9.52. The standard InChI is InChI=1S/C12H15F4NO/c1-11(2,3)10(17)8-6(12(14,15)16)4-5-7(13)9(8)18/h4-5,10,18H,17H2,1-3H3/t10-/m0/s1. The maximum Gasteiger partial charge on any atom is 0.416 e. The molecule has 1 rings (SSSR count). The highest BCUT2D eigenvalue weighted by molar-refractivity contribution is 5.44. The molecular formula is C12H15F4NO. The molecule has 0 heterocycles. The fourth-order valence-corrected chi connectivity index (χ4v) is 1.58. The molecule has 0 radical (unpaired) electrons. The van der Waals surface area contributed by atoms with Crippen molar-refractivity contribution >= 4 is 0 Å². The summed E-state index contributed by atoms with van der Waals surface area (Å²) in [6.45, 7) is 4.84. The van der Waals surface area contributed by atoms with Gasteiger partial charge in [0.25, 0.3) is 0 Å². The molecular weight excluding hydrogens is 250 g/mol. The summed E-state index contributed by atoms with van der Waals surface area (Å²) in [5.41, 5.74) is 3.26. The highest BCUT2D eigenvalue weighted by Crippen LogP contribution is 2.44. The van der Waals surface area contributed by atoms with Crippen molar-refractivity contribution in [3.63, 3.8) is 0 Å². The van der Waals surface area contributed by atoms with E-state index in [4.69, 9.17) is 5.73 Å². The Morgan fingerprint density at radius 3 is 2.06 bits per heavy atom. The summed E-state index contributed by atoms with van der Waals surface area (Å²) >= 11 is 0. The number of hydrogen-bond donors (Lipinski definition) is 2. The van der Waals surface area contributed by atoms with Crippen LogP contribution in [-0.2, 0) is 6.18 Å². The zero-order valence-corrected chi connectivity index (χ0v) is 10.3. The molecule has 6 heteroatoms. The molecule has 18 heavy (non-hydrogen) atoms. The van der Waals surface area contributed by atoms with Crippen LogP contribution in [0.2, 0.25) is 0 Å². The zero-order valence-electron chi connectivity index (χ0n) is 10.3. The van der Waals surface area contributed by atoms with Gasteiger partial charge in [-0.05, 0) is 17.5 Å². The van der Waals surface area contributed by atoms with E-state index in [1.54, 1.807) is 20.8 Å². The van der Waals surface area contributed by atoms with Crippen molar-refractivity contribution in [2.24, 2.45) is 11.1 Å². The van der Waals surface area contributed by atoms with E-state index in [2.05, 4.69) is 0 Å². The summed E-state index contributed by atoms with van der Waals surface area (Å²) in [6, 6.07) is 0.0392. The molecule has 0 aliphatic carbocycles. The molecule has 0 bridgehead atoms. The van der Waals surface area contributed by atoms with Crippen LogP contribution in [0.15, 0.2) is 12.1 Å². The van der Waals surface area contributed by atoms with Crippen molar-refractivity contribution in [3.05, 3.63) is 29.1 Å². The van der Waals surface area contributed by atoms with E-state index >= 15 is 0 Å². The third-order valence-corrected chi connectivity index (χ3v) is 2.72. The molecule has 0 fully saturated rings. The number of phenolic OH excluding ortho intramolecular Hbond substituents is 1. The van der Waals surface area contributed by atoms with Gasteiger partial charge in [0.1, 0.15) is 0 Å². The molecule has 102 valence electrons. The van der Waals surface area contributed by atoms with Crippen molar-refractivity contribution in [2.45, 2.75) is 33.0 Å². The summed E-state index contributed by atoms with van der Waals surface area (Å²) in [4.78, 5) is 0. The van der Waals surface area contributed by atoms with E-state index in [9.17, 15) is 22.7 Å². The van der Waals surface area contributed by atoms with Gasteiger partial charge >= 0.3 is 6.18 Å². The Kier molecular flexibility index (Phi) is 3.63. The number of alkyl halides is 3. The minimum absolute atomic E-state index is 0.580. The molecule has 0 unspecified atom stereocenters. The van der Waals surface area contributed by atoms with Gasteiger partial charge in [0.2, 0.25) is 0 Å². The van der Waals surface area contributed by atoms with Crippen molar-refractivity contribution in [3.8, 4) is 5.75 Å². The second kappa shape index (κ2) is 4.42. The SMILES string of the molecule is CC(C)(C)[C@@H](N)c1c(C(F)(F)F)ccc(F)c1O. The van der Waals surface area contributed by atoms with Crippen molar-refractivity contribution in [2.75, 3.05) is 0 Å². The Morgan fingerprint density at radius 2 is 1.67 bits per heavy atom.